The van der Waals surface area contributed by atoms with Crippen LogP contribution in [0, 0.1) is 10.1 Å². The molecule has 0 N–H and O–H groups in total. The van der Waals surface area contributed by atoms with Crippen molar-refractivity contribution in [1.29, 1.82) is 0 Å². The lowest BCUT2D eigenvalue weighted by molar-refractivity contribution is -0.385. The summed E-state index contributed by atoms with van der Waals surface area (Å²) >= 11 is 0. The van der Waals surface area contributed by atoms with E-state index in [0.717, 1.165) is 24.3 Å². The number of methoxy groups -OCH3 is 2. The third-order valence-corrected chi connectivity index (χ3v) is 3.40. The first kappa shape index (κ1) is 20.6. The van der Waals surface area contributed by atoms with Crippen molar-refractivity contribution in [1.82, 2.24) is 0 Å². The van der Waals surface area contributed by atoms with E-state index >= 15 is 0 Å². The number of halogens is 2. The maximum atomic E-state index is 12.4. The molecule has 0 aliphatic rings. The molecular weight excluding hydrogens is 380 g/mol. The molecule has 2 aromatic rings. The number of rotatable bonds is 8. The molecular formula is C18H15F2NO7. The molecule has 0 radical (unpaired) electrons. The molecule has 2 rings (SSSR count). The van der Waals surface area contributed by atoms with E-state index in [1.807, 2.05) is 0 Å². The van der Waals surface area contributed by atoms with Crippen LogP contribution in [0.1, 0.15) is 5.56 Å². The first-order valence-electron chi connectivity index (χ1n) is 7.69. The summed E-state index contributed by atoms with van der Waals surface area (Å²) in [6, 6.07) is 8.08. The minimum absolute atomic E-state index is 0.0600. The standard InChI is InChI=1S/C18H15F2NO7/c1-25-12-4-6-13(7-5-12)27-17(22)8-3-11-9-15(26-2)16(28-18(19)20)10-14(11)21(23)24/h3-10,18H,1-2H3/b8-3+. The number of carbonyl (C=O) groups excluding carboxylic acids is 1. The predicted molar refractivity (Wildman–Crippen MR) is 93.9 cm³/mol. The summed E-state index contributed by atoms with van der Waals surface area (Å²) in [6.45, 7) is -3.19. The Morgan fingerprint density at radius 1 is 1.07 bits per heavy atom. The van der Waals surface area contributed by atoms with Crippen molar-refractivity contribution in [2.75, 3.05) is 14.2 Å². The average Bonchev–Trinajstić information content (AvgIpc) is 2.66. The van der Waals surface area contributed by atoms with Crippen LogP contribution in [0.15, 0.2) is 42.5 Å². The summed E-state index contributed by atoms with van der Waals surface area (Å²) in [5, 5.41) is 11.2. The molecule has 0 unspecified atom stereocenters. The number of benzene rings is 2. The zero-order chi connectivity index (χ0) is 20.7. The minimum Gasteiger partial charge on any atom is -0.497 e. The zero-order valence-corrected chi connectivity index (χ0v) is 14.8. The normalized spacial score (nSPS) is 10.8. The second-order valence-electron chi connectivity index (χ2n) is 5.13. The Kier molecular flexibility index (Phi) is 6.85. The molecule has 0 aromatic heterocycles. The highest BCUT2D eigenvalue weighted by Crippen LogP contribution is 2.36. The van der Waals surface area contributed by atoms with Gasteiger partial charge in [0.2, 0.25) is 0 Å². The molecule has 148 valence electrons. The van der Waals surface area contributed by atoms with Gasteiger partial charge in [0, 0.05) is 6.08 Å². The van der Waals surface area contributed by atoms with Crippen molar-refractivity contribution in [2.45, 2.75) is 6.61 Å². The summed E-state index contributed by atoms with van der Waals surface area (Å²) < 4.78 is 44.1. The van der Waals surface area contributed by atoms with Crippen LogP contribution in [0.4, 0.5) is 14.5 Å². The number of ether oxygens (including phenoxy) is 4. The van der Waals surface area contributed by atoms with Crippen molar-refractivity contribution < 1.29 is 37.4 Å². The monoisotopic (exact) mass is 395 g/mol. The van der Waals surface area contributed by atoms with E-state index in [-0.39, 0.29) is 17.1 Å². The number of nitro benzene ring substituents is 1. The van der Waals surface area contributed by atoms with Crippen molar-refractivity contribution in [3.63, 3.8) is 0 Å². The number of alkyl halides is 2. The molecule has 2 aromatic carbocycles. The summed E-state index contributed by atoms with van der Waals surface area (Å²) in [4.78, 5) is 22.3. The second-order valence-corrected chi connectivity index (χ2v) is 5.13. The van der Waals surface area contributed by atoms with Gasteiger partial charge in [0.1, 0.15) is 11.5 Å². The van der Waals surface area contributed by atoms with Gasteiger partial charge in [0.15, 0.2) is 11.5 Å². The first-order chi connectivity index (χ1) is 13.3. The van der Waals surface area contributed by atoms with Crippen LogP contribution < -0.4 is 18.9 Å². The fourth-order valence-corrected chi connectivity index (χ4v) is 2.16. The van der Waals surface area contributed by atoms with Crippen molar-refractivity contribution in [3.8, 4) is 23.0 Å². The number of nitrogens with zero attached hydrogens (tertiary/aromatic N) is 1. The average molecular weight is 395 g/mol. The molecule has 8 nitrogen and oxygen atoms in total. The van der Waals surface area contributed by atoms with Gasteiger partial charge in [-0.2, -0.15) is 8.78 Å². The van der Waals surface area contributed by atoms with Crippen LogP contribution in [0.3, 0.4) is 0 Å². The Hall–Kier alpha value is -3.69. The Morgan fingerprint density at radius 2 is 1.71 bits per heavy atom. The van der Waals surface area contributed by atoms with Crippen LogP contribution >= 0.6 is 0 Å². The number of carbonyl (C=O) groups is 1. The quantitative estimate of drug-likeness (QED) is 0.220. The molecule has 0 amide bonds. The van der Waals surface area contributed by atoms with Crippen LogP contribution in [0.25, 0.3) is 6.08 Å². The molecule has 0 fully saturated rings. The fraction of sp³-hybridized carbons (Fsp3) is 0.167. The lowest BCUT2D eigenvalue weighted by Crippen LogP contribution is -2.05. The van der Waals surface area contributed by atoms with E-state index in [1.165, 1.54) is 26.4 Å². The van der Waals surface area contributed by atoms with Gasteiger partial charge >= 0.3 is 12.6 Å². The Bertz CT molecular complexity index is 882. The Morgan fingerprint density at radius 3 is 2.25 bits per heavy atom. The van der Waals surface area contributed by atoms with E-state index in [9.17, 15) is 23.7 Å². The summed E-state index contributed by atoms with van der Waals surface area (Å²) in [5.74, 6) is -0.644. The highest BCUT2D eigenvalue weighted by atomic mass is 19.3. The van der Waals surface area contributed by atoms with Gasteiger partial charge in [-0.25, -0.2) is 4.79 Å². The molecule has 0 bridgehead atoms. The highest BCUT2D eigenvalue weighted by Gasteiger charge is 2.20. The van der Waals surface area contributed by atoms with Crippen molar-refractivity contribution in [2.24, 2.45) is 0 Å². The van der Waals surface area contributed by atoms with Crippen molar-refractivity contribution in [3.05, 3.63) is 58.2 Å². The van der Waals surface area contributed by atoms with Crippen LogP contribution in [0.5, 0.6) is 23.0 Å². The Balaban J connectivity index is 2.24. The van der Waals surface area contributed by atoms with Crippen LogP contribution in [-0.2, 0) is 4.79 Å². The van der Waals surface area contributed by atoms with Gasteiger partial charge in [-0.05, 0) is 36.4 Å². The SMILES string of the molecule is COc1ccc(OC(=O)/C=C/c2cc(OC)c(OC(F)F)cc2[N+](=O)[O-])cc1. The summed E-state index contributed by atoms with van der Waals surface area (Å²) in [7, 11) is 2.67. The number of hydrogen-bond acceptors (Lipinski definition) is 7. The van der Waals surface area contributed by atoms with E-state index in [2.05, 4.69) is 4.74 Å². The van der Waals surface area contributed by atoms with E-state index in [1.54, 1.807) is 12.1 Å². The lowest BCUT2D eigenvalue weighted by Gasteiger charge is -2.10. The number of hydrogen-bond donors (Lipinski definition) is 0. The van der Waals surface area contributed by atoms with Gasteiger partial charge in [-0.15, -0.1) is 0 Å². The largest absolute Gasteiger partial charge is 0.497 e. The predicted octanol–water partition coefficient (Wildman–Crippen LogP) is 3.83. The number of nitro groups is 1. The molecule has 0 saturated heterocycles. The fourth-order valence-electron chi connectivity index (χ4n) is 2.16. The second kappa shape index (κ2) is 9.31. The minimum atomic E-state index is -3.19. The highest BCUT2D eigenvalue weighted by molar-refractivity contribution is 5.89. The molecule has 10 heteroatoms. The molecule has 0 aliphatic heterocycles. The topological polar surface area (TPSA) is 97.1 Å². The van der Waals surface area contributed by atoms with Crippen LogP contribution in [-0.4, -0.2) is 31.7 Å². The molecule has 28 heavy (non-hydrogen) atoms. The molecule has 0 saturated carbocycles. The molecule has 0 aliphatic carbocycles. The van der Waals surface area contributed by atoms with Gasteiger partial charge in [0.05, 0.1) is 30.8 Å². The summed E-state index contributed by atoms with van der Waals surface area (Å²) in [6.07, 6.45) is 2.07. The third-order valence-electron chi connectivity index (χ3n) is 3.40. The first-order valence-corrected chi connectivity index (χ1v) is 7.69. The van der Waals surface area contributed by atoms with E-state index in [0.29, 0.717) is 5.75 Å². The third kappa shape index (κ3) is 5.40. The van der Waals surface area contributed by atoms with Gasteiger partial charge in [-0.3, -0.25) is 10.1 Å². The smallest absolute Gasteiger partial charge is 0.387 e. The van der Waals surface area contributed by atoms with Crippen molar-refractivity contribution >= 4 is 17.7 Å². The van der Waals surface area contributed by atoms with Crippen LogP contribution in [0.2, 0.25) is 0 Å². The number of esters is 1. The summed E-state index contributed by atoms with van der Waals surface area (Å²) in [5.41, 5.74) is -0.611. The van der Waals surface area contributed by atoms with Gasteiger partial charge in [0.25, 0.3) is 5.69 Å². The zero-order valence-electron chi connectivity index (χ0n) is 14.8. The molecule has 0 heterocycles. The molecule has 0 atom stereocenters. The molecule has 0 spiro atoms. The van der Waals surface area contributed by atoms with E-state index < -0.39 is 28.9 Å². The maximum absolute atomic E-state index is 12.4. The van der Waals surface area contributed by atoms with Gasteiger partial charge in [-0.1, -0.05) is 0 Å². The van der Waals surface area contributed by atoms with E-state index in [4.69, 9.17) is 14.2 Å². The maximum Gasteiger partial charge on any atom is 0.387 e. The van der Waals surface area contributed by atoms with Gasteiger partial charge < -0.3 is 18.9 Å². The lowest BCUT2D eigenvalue weighted by atomic mass is 10.1. The Labute approximate surface area is 158 Å².